The van der Waals surface area contributed by atoms with Crippen molar-refractivity contribution in [2.24, 2.45) is 0 Å². The summed E-state index contributed by atoms with van der Waals surface area (Å²) in [4.78, 5) is 0. The van der Waals surface area contributed by atoms with Gasteiger partial charge in [0.2, 0.25) is 10.0 Å². The van der Waals surface area contributed by atoms with E-state index in [0.717, 1.165) is 32.4 Å². The molecule has 2 atom stereocenters. The molecule has 0 bridgehead atoms. The molecule has 1 fully saturated rings. The van der Waals surface area contributed by atoms with Gasteiger partial charge in [-0.05, 0) is 46.2 Å². The maximum absolute atomic E-state index is 12.3. The van der Waals surface area contributed by atoms with E-state index >= 15 is 0 Å². The molecule has 1 saturated heterocycles. The molecule has 1 N–H and O–H groups in total. The maximum atomic E-state index is 12.3. The van der Waals surface area contributed by atoms with Gasteiger partial charge in [-0.3, -0.25) is 0 Å². The van der Waals surface area contributed by atoms with Crippen LogP contribution in [0.2, 0.25) is 0 Å². The van der Waals surface area contributed by atoms with Crippen LogP contribution in [0.15, 0.2) is 0 Å². The van der Waals surface area contributed by atoms with E-state index in [1.807, 2.05) is 20.8 Å². The molecule has 1 aliphatic heterocycles. The van der Waals surface area contributed by atoms with Crippen LogP contribution in [0.3, 0.4) is 0 Å². The first-order valence-electron chi connectivity index (χ1n) is 6.71. The van der Waals surface area contributed by atoms with E-state index in [1.165, 1.54) is 0 Å². The zero-order valence-corrected chi connectivity index (χ0v) is 12.1. The zero-order valence-electron chi connectivity index (χ0n) is 11.3. The summed E-state index contributed by atoms with van der Waals surface area (Å²) < 4.78 is 26.3. The van der Waals surface area contributed by atoms with Crippen molar-refractivity contribution in [3.8, 4) is 0 Å². The van der Waals surface area contributed by atoms with Crippen molar-refractivity contribution in [2.45, 2.75) is 58.5 Å². The Morgan fingerprint density at radius 3 is 2.35 bits per heavy atom. The molecule has 0 saturated carbocycles. The third kappa shape index (κ3) is 4.23. The highest BCUT2D eigenvalue weighted by Crippen LogP contribution is 2.25. The van der Waals surface area contributed by atoms with E-state index in [2.05, 4.69) is 5.32 Å². The number of sulfonamides is 1. The summed E-state index contributed by atoms with van der Waals surface area (Å²) in [5.41, 5.74) is 0. The Morgan fingerprint density at radius 2 is 1.82 bits per heavy atom. The minimum Gasteiger partial charge on any atom is -0.317 e. The lowest BCUT2D eigenvalue weighted by atomic mass is 10.0. The van der Waals surface area contributed by atoms with Gasteiger partial charge in [0.25, 0.3) is 0 Å². The van der Waals surface area contributed by atoms with Gasteiger partial charge in [-0.1, -0.05) is 13.3 Å². The lowest BCUT2D eigenvalue weighted by Gasteiger charge is -2.37. The molecule has 0 aromatic carbocycles. The molecule has 0 aliphatic carbocycles. The average Bonchev–Trinajstić information content (AvgIpc) is 2.24. The zero-order chi connectivity index (χ0) is 12.9. The third-order valence-electron chi connectivity index (χ3n) is 3.44. The normalized spacial score (nSPS) is 27.2. The number of hydrogen-bond donors (Lipinski definition) is 1. The Kier molecular flexibility index (Phi) is 5.89. The summed E-state index contributed by atoms with van der Waals surface area (Å²) in [6.45, 7) is 7.77. The summed E-state index contributed by atoms with van der Waals surface area (Å²) in [6, 6.07) is 0.339. The van der Waals surface area contributed by atoms with Crippen molar-refractivity contribution >= 4 is 10.0 Å². The highest BCUT2D eigenvalue weighted by atomic mass is 32.2. The van der Waals surface area contributed by atoms with Gasteiger partial charge >= 0.3 is 0 Å². The topological polar surface area (TPSA) is 49.4 Å². The summed E-state index contributed by atoms with van der Waals surface area (Å²) in [6.07, 6.45) is 3.84. The van der Waals surface area contributed by atoms with E-state index < -0.39 is 10.0 Å². The van der Waals surface area contributed by atoms with E-state index in [-0.39, 0.29) is 17.8 Å². The van der Waals surface area contributed by atoms with Crippen LogP contribution in [0.5, 0.6) is 0 Å². The molecule has 0 radical (unpaired) electrons. The van der Waals surface area contributed by atoms with Crippen molar-refractivity contribution in [1.29, 1.82) is 0 Å². The number of nitrogens with zero attached hydrogens (tertiary/aromatic N) is 1. The molecule has 0 aromatic heterocycles. The van der Waals surface area contributed by atoms with E-state index in [0.29, 0.717) is 6.42 Å². The second-order valence-corrected chi connectivity index (χ2v) is 6.98. The van der Waals surface area contributed by atoms with Crippen molar-refractivity contribution < 1.29 is 8.42 Å². The standard InChI is InChI=1S/C12H26N2O2S/c1-4-13-9-6-10-17(15,16)14-11(2)7-5-8-12(14)3/h11-13H,4-10H2,1-3H3. The van der Waals surface area contributed by atoms with Crippen LogP contribution in [-0.2, 0) is 10.0 Å². The van der Waals surface area contributed by atoms with E-state index in [1.54, 1.807) is 4.31 Å². The SMILES string of the molecule is CCNCCCS(=O)(=O)N1C(C)CCCC1C. The summed E-state index contributed by atoms with van der Waals surface area (Å²) in [5, 5.41) is 3.16. The quantitative estimate of drug-likeness (QED) is 0.739. The van der Waals surface area contributed by atoms with Crippen molar-refractivity contribution in [3.05, 3.63) is 0 Å². The monoisotopic (exact) mass is 262 g/mol. The molecule has 0 amide bonds. The minimum absolute atomic E-state index is 0.169. The van der Waals surface area contributed by atoms with Crippen LogP contribution < -0.4 is 5.32 Å². The number of piperidine rings is 1. The van der Waals surface area contributed by atoms with E-state index in [9.17, 15) is 8.42 Å². The fourth-order valence-electron chi connectivity index (χ4n) is 2.61. The fraction of sp³-hybridized carbons (Fsp3) is 1.00. The first-order valence-corrected chi connectivity index (χ1v) is 8.32. The Bertz CT molecular complexity index is 306. The predicted molar refractivity (Wildman–Crippen MR) is 71.6 cm³/mol. The number of nitrogens with one attached hydrogen (secondary N) is 1. The van der Waals surface area contributed by atoms with Crippen molar-refractivity contribution in [1.82, 2.24) is 9.62 Å². The molecule has 0 spiro atoms. The molecule has 102 valence electrons. The van der Waals surface area contributed by atoms with Gasteiger partial charge in [0.15, 0.2) is 0 Å². The molecule has 17 heavy (non-hydrogen) atoms. The van der Waals surface area contributed by atoms with Gasteiger partial charge in [0, 0.05) is 12.1 Å². The van der Waals surface area contributed by atoms with Crippen LogP contribution in [0.1, 0.15) is 46.5 Å². The van der Waals surface area contributed by atoms with Gasteiger partial charge in [-0.2, -0.15) is 4.31 Å². The van der Waals surface area contributed by atoms with Crippen LogP contribution in [0.4, 0.5) is 0 Å². The Balaban J connectivity index is 2.55. The van der Waals surface area contributed by atoms with Crippen LogP contribution in [0, 0.1) is 0 Å². The molecular weight excluding hydrogens is 236 g/mol. The molecular formula is C12H26N2O2S. The maximum Gasteiger partial charge on any atom is 0.214 e. The number of hydrogen-bond acceptors (Lipinski definition) is 3. The fourth-order valence-corrected chi connectivity index (χ4v) is 4.64. The third-order valence-corrected chi connectivity index (χ3v) is 5.61. The average molecular weight is 262 g/mol. The highest BCUT2D eigenvalue weighted by molar-refractivity contribution is 7.89. The first-order chi connectivity index (χ1) is 7.99. The Morgan fingerprint density at radius 1 is 1.24 bits per heavy atom. The lowest BCUT2D eigenvalue weighted by Crippen LogP contribution is -2.48. The molecule has 1 rings (SSSR count). The molecule has 5 heteroatoms. The van der Waals surface area contributed by atoms with Crippen LogP contribution in [0.25, 0.3) is 0 Å². The van der Waals surface area contributed by atoms with Crippen LogP contribution >= 0.6 is 0 Å². The van der Waals surface area contributed by atoms with Crippen LogP contribution in [-0.4, -0.2) is 43.6 Å². The van der Waals surface area contributed by atoms with Gasteiger partial charge in [0.1, 0.15) is 0 Å². The second-order valence-electron chi connectivity index (χ2n) is 4.98. The van der Waals surface area contributed by atoms with E-state index in [4.69, 9.17) is 0 Å². The van der Waals surface area contributed by atoms with Gasteiger partial charge in [-0.15, -0.1) is 0 Å². The molecule has 2 unspecified atom stereocenters. The smallest absolute Gasteiger partial charge is 0.214 e. The molecule has 1 heterocycles. The van der Waals surface area contributed by atoms with Gasteiger partial charge in [-0.25, -0.2) is 8.42 Å². The minimum atomic E-state index is -3.07. The molecule has 0 aromatic rings. The summed E-state index contributed by atoms with van der Waals surface area (Å²) in [7, 11) is -3.07. The van der Waals surface area contributed by atoms with Crippen molar-refractivity contribution in [2.75, 3.05) is 18.8 Å². The first kappa shape index (κ1) is 14.9. The Hall–Kier alpha value is -0.130. The summed E-state index contributed by atoms with van der Waals surface area (Å²) in [5.74, 6) is 0.272. The van der Waals surface area contributed by atoms with Gasteiger partial charge < -0.3 is 5.32 Å². The van der Waals surface area contributed by atoms with Gasteiger partial charge in [0.05, 0.1) is 5.75 Å². The molecule has 4 nitrogen and oxygen atoms in total. The van der Waals surface area contributed by atoms with Crippen molar-refractivity contribution in [3.63, 3.8) is 0 Å². The molecule has 1 aliphatic rings. The Labute approximate surface area is 106 Å². The second kappa shape index (κ2) is 6.71. The summed E-state index contributed by atoms with van der Waals surface area (Å²) >= 11 is 0. The predicted octanol–water partition coefficient (Wildman–Crippen LogP) is 1.58. The highest BCUT2D eigenvalue weighted by Gasteiger charge is 2.33. The largest absolute Gasteiger partial charge is 0.317 e. The number of rotatable bonds is 6. The lowest BCUT2D eigenvalue weighted by molar-refractivity contribution is 0.204.